The minimum Gasteiger partial charge on any atom is -0.396 e. The van der Waals surface area contributed by atoms with Crippen molar-refractivity contribution in [3.8, 4) is 0 Å². The number of hydrogen-bond acceptors (Lipinski definition) is 5. The van der Waals surface area contributed by atoms with Gasteiger partial charge in [-0.3, -0.25) is 0 Å². The third-order valence-electron chi connectivity index (χ3n) is 3.31. The molecule has 1 fully saturated rings. The second kappa shape index (κ2) is 6.51. The molecule has 0 aromatic rings. The van der Waals surface area contributed by atoms with Crippen LogP contribution in [0.25, 0.3) is 0 Å². The van der Waals surface area contributed by atoms with Crippen LogP contribution in [0.4, 0.5) is 0 Å². The lowest BCUT2D eigenvalue weighted by atomic mass is 9.82. The van der Waals surface area contributed by atoms with E-state index in [1.54, 1.807) is 21.3 Å². The largest absolute Gasteiger partial charge is 0.396 e. The van der Waals surface area contributed by atoms with E-state index >= 15 is 0 Å². The first-order chi connectivity index (χ1) is 7.69. The first-order valence-electron chi connectivity index (χ1n) is 5.50. The van der Waals surface area contributed by atoms with E-state index in [1.807, 2.05) is 6.92 Å². The summed E-state index contributed by atoms with van der Waals surface area (Å²) < 4.78 is 21.4. The molecule has 0 spiro atoms. The Morgan fingerprint density at radius 1 is 1.19 bits per heavy atom. The summed E-state index contributed by atoms with van der Waals surface area (Å²) in [5, 5.41) is 9.43. The third-order valence-corrected chi connectivity index (χ3v) is 3.31. The van der Waals surface area contributed by atoms with Gasteiger partial charge in [-0.15, -0.1) is 0 Å². The van der Waals surface area contributed by atoms with E-state index in [2.05, 4.69) is 0 Å². The standard InChI is InChI=1S/C11H22O5/c1-7-8(5-12)10(14-3)11(15-4)16-9(7)6-13-2/h7-12H,5-6H2,1-4H3. The summed E-state index contributed by atoms with van der Waals surface area (Å²) in [7, 11) is 4.81. The molecule has 0 aliphatic carbocycles. The molecule has 96 valence electrons. The summed E-state index contributed by atoms with van der Waals surface area (Å²) in [6.45, 7) is 2.58. The van der Waals surface area contributed by atoms with Crippen molar-refractivity contribution in [2.24, 2.45) is 11.8 Å². The Balaban J connectivity index is 2.76. The van der Waals surface area contributed by atoms with Gasteiger partial charge in [0.1, 0.15) is 6.10 Å². The fourth-order valence-corrected chi connectivity index (χ4v) is 2.25. The molecule has 5 heteroatoms. The average Bonchev–Trinajstić information content (AvgIpc) is 2.31. The Bertz CT molecular complexity index is 199. The van der Waals surface area contributed by atoms with Gasteiger partial charge in [-0.1, -0.05) is 6.92 Å². The zero-order chi connectivity index (χ0) is 12.1. The SMILES string of the molecule is COCC1OC(OC)C(OC)C(CO)C1C. The van der Waals surface area contributed by atoms with Crippen molar-refractivity contribution < 1.29 is 24.1 Å². The van der Waals surface area contributed by atoms with Crippen LogP contribution >= 0.6 is 0 Å². The van der Waals surface area contributed by atoms with E-state index in [1.165, 1.54) is 0 Å². The summed E-state index contributed by atoms with van der Waals surface area (Å²) >= 11 is 0. The summed E-state index contributed by atoms with van der Waals surface area (Å²) in [6.07, 6.45) is -0.755. The number of methoxy groups -OCH3 is 3. The lowest BCUT2D eigenvalue weighted by Gasteiger charge is -2.43. The Labute approximate surface area is 96.6 Å². The van der Waals surface area contributed by atoms with Crippen LogP contribution in [0.15, 0.2) is 0 Å². The van der Waals surface area contributed by atoms with Crippen molar-refractivity contribution in [2.45, 2.75) is 25.4 Å². The van der Waals surface area contributed by atoms with Crippen molar-refractivity contribution in [3.63, 3.8) is 0 Å². The van der Waals surface area contributed by atoms with E-state index in [0.29, 0.717) is 6.61 Å². The van der Waals surface area contributed by atoms with Gasteiger partial charge in [0.15, 0.2) is 6.29 Å². The molecule has 0 aromatic heterocycles. The van der Waals surface area contributed by atoms with Crippen molar-refractivity contribution in [1.29, 1.82) is 0 Å². The van der Waals surface area contributed by atoms with Crippen LogP contribution in [0, 0.1) is 11.8 Å². The number of ether oxygens (including phenoxy) is 4. The normalized spacial score (nSPS) is 39.9. The minimum atomic E-state index is -0.446. The van der Waals surface area contributed by atoms with Crippen LogP contribution < -0.4 is 0 Å². The first-order valence-corrected chi connectivity index (χ1v) is 5.50. The zero-order valence-electron chi connectivity index (χ0n) is 10.4. The fourth-order valence-electron chi connectivity index (χ4n) is 2.25. The Hall–Kier alpha value is -0.200. The highest BCUT2D eigenvalue weighted by Gasteiger charge is 2.43. The molecule has 5 unspecified atom stereocenters. The van der Waals surface area contributed by atoms with Crippen molar-refractivity contribution in [2.75, 3.05) is 34.5 Å². The van der Waals surface area contributed by atoms with Crippen LogP contribution in [-0.4, -0.2) is 58.1 Å². The number of aliphatic hydroxyl groups is 1. The summed E-state index contributed by atoms with van der Waals surface area (Å²) in [4.78, 5) is 0. The lowest BCUT2D eigenvalue weighted by Crippen LogP contribution is -2.54. The van der Waals surface area contributed by atoms with Gasteiger partial charge in [-0.05, 0) is 5.92 Å². The molecule has 1 aliphatic heterocycles. The van der Waals surface area contributed by atoms with Gasteiger partial charge in [0.25, 0.3) is 0 Å². The molecule has 0 aromatic carbocycles. The Morgan fingerprint density at radius 2 is 1.88 bits per heavy atom. The summed E-state index contributed by atoms with van der Waals surface area (Å²) in [5.41, 5.74) is 0. The number of hydrogen-bond donors (Lipinski definition) is 1. The smallest absolute Gasteiger partial charge is 0.184 e. The van der Waals surface area contributed by atoms with Gasteiger partial charge >= 0.3 is 0 Å². The molecule has 1 aliphatic rings. The van der Waals surface area contributed by atoms with Crippen molar-refractivity contribution in [3.05, 3.63) is 0 Å². The monoisotopic (exact) mass is 234 g/mol. The zero-order valence-corrected chi connectivity index (χ0v) is 10.4. The first kappa shape index (κ1) is 13.9. The second-order valence-corrected chi connectivity index (χ2v) is 4.14. The Morgan fingerprint density at radius 3 is 2.31 bits per heavy atom. The van der Waals surface area contributed by atoms with Crippen LogP contribution in [0.5, 0.6) is 0 Å². The molecule has 1 heterocycles. The highest BCUT2D eigenvalue weighted by molar-refractivity contribution is 4.87. The number of rotatable bonds is 5. The molecule has 16 heavy (non-hydrogen) atoms. The molecule has 0 amide bonds. The van der Waals surface area contributed by atoms with Crippen LogP contribution in [-0.2, 0) is 18.9 Å². The molecule has 1 rings (SSSR count). The quantitative estimate of drug-likeness (QED) is 0.739. The molecular weight excluding hydrogens is 212 g/mol. The minimum absolute atomic E-state index is 0.00356. The van der Waals surface area contributed by atoms with Crippen molar-refractivity contribution >= 4 is 0 Å². The van der Waals surface area contributed by atoms with Gasteiger partial charge in [0.05, 0.1) is 12.7 Å². The van der Waals surface area contributed by atoms with Gasteiger partial charge in [-0.25, -0.2) is 0 Å². The highest BCUT2D eigenvalue weighted by Crippen LogP contribution is 2.32. The maximum absolute atomic E-state index is 9.43. The van der Waals surface area contributed by atoms with Crippen LogP contribution in [0.3, 0.4) is 0 Å². The predicted octanol–water partition coefficient (Wildman–Crippen LogP) is 0.264. The third kappa shape index (κ3) is 2.73. The lowest BCUT2D eigenvalue weighted by molar-refractivity contribution is -0.278. The number of aliphatic hydroxyl groups excluding tert-OH is 1. The summed E-state index contributed by atoms with van der Waals surface area (Å²) in [5.74, 6) is 0.171. The maximum Gasteiger partial charge on any atom is 0.184 e. The van der Waals surface area contributed by atoms with E-state index in [0.717, 1.165) is 0 Å². The van der Waals surface area contributed by atoms with Crippen LogP contribution in [0.2, 0.25) is 0 Å². The van der Waals surface area contributed by atoms with Gasteiger partial charge in [0, 0.05) is 33.9 Å². The molecule has 5 atom stereocenters. The van der Waals surface area contributed by atoms with Gasteiger partial charge in [0.2, 0.25) is 0 Å². The second-order valence-electron chi connectivity index (χ2n) is 4.14. The molecule has 0 radical (unpaired) electrons. The molecule has 0 saturated carbocycles. The highest BCUT2D eigenvalue weighted by atomic mass is 16.7. The van der Waals surface area contributed by atoms with Crippen LogP contribution in [0.1, 0.15) is 6.92 Å². The predicted molar refractivity (Wildman–Crippen MR) is 58.1 cm³/mol. The topological polar surface area (TPSA) is 57.2 Å². The van der Waals surface area contributed by atoms with Crippen molar-refractivity contribution in [1.82, 2.24) is 0 Å². The fraction of sp³-hybridized carbons (Fsp3) is 1.00. The summed E-state index contributed by atoms with van der Waals surface area (Å²) in [6, 6.07) is 0. The molecule has 1 N–H and O–H groups in total. The van der Waals surface area contributed by atoms with E-state index in [-0.39, 0.29) is 30.7 Å². The molecule has 1 saturated heterocycles. The van der Waals surface area contributed by atoms with E-state index < -0.39 is 6.29 Å². The molecule has 5 nitrogen and oxygen atoms in total. The maximum atomic E-state index is 9.43. The van der Waals surface area contributed by atoms with Gasteiger partial charge < -0.3 is 24.1 Å². The Kier molecular flexibility index (Phi) is 5.64. The average molecular weight is 234 g/mol. The van der Waals surface area contributed by atoms with E-state index in [9.17, 15) is 5.11 Å². The molecule has 0 bridgehead atoms. The molecular formula is C11H22O5. The van der Waals surface area contributed by atoms with Gasteiger partial charge in [-0.2, -0.15) is 0 Å². The van der Waals surface area contributed by atoms with E-state index in [4.69, 9.17) is 18.9 Å².